The molecule has 6 nitrogen and oxygen atoms in total. The molecule has 0 unspecified atom stereocenters. The van der Waals surface area contributed by atoms with Crippen molar-refractivity contribution in [2.45, 2.75) is 40.2 Å². The van der Waals surface area contributed by atoms with Gasteiger partial charge in [0.15, 0.2) is 18.1 Å². The predicted octanol–water partition coefficient (Wildman–Crippen LogP) is 2.55. The molecule has 112 valence electrons. The normalized spacial score (nSPS) is 16.7. The van der Waals surface area contributed by atoms with E-state index < -0.39 is 5.82 Å². The number of nitrogens with zero attached hydrogens (tertiary/aromatic N) is 1. The maximum absolute atomic E-state index is 11.9. The summed E-state index contributed by atoms with van der Waals surface area (Å²) < 4.78 is 14.6. The second-order valence-corrected chi connectivity index (χ2v) is 5.56. The molecule has 0 spiro atoms. The molecule has 2 heterocycles. The molecule has 1 aliphatic rings. The number of hydrogen-bond acceptors (Lipinski definition) is 5. The van der Waals surface area contributed by atoms with Gasteiger partial charge in [-0.1, -0.05) is 13.8 Å². The second kappa shape index (κ2) is 6.15. The highest BCUT2D eigenvalue weighted by molar-refractivity contribution is 5.67. The van der Waals surface area contributed by atoms with Crippen molar-refractivity contribution in [2.24, 2.45) is 11.8 Å². The van der Waals surface area contributed by atoms with Crippen LogP contribution in [0.4, 0.5) is 4.79 Å². The van der Waals surface area contributed by atoms with Gasteiger partial charge < -0.3 is 18.5 Å². The van der Waals surface area contributed by atoms with Crippen molar-refractivity contribution < 1.29 is 18.4 Å². The van der Waals surface area contributed by atoms with Crippen LogP contribution >= 0.6 is 0 Å². The lowest BCUT2D eigenvalue weighted by atomic mass is 9.87. The third-order valence-corrected chi connectivity index (χ3v) is 3.90. The first-order valence-electron chi connectivity index (χ1n) is 6.98. The maximum atomic E-state index is 11.9. The summed E-state index contributed by atoms with van der Waals surface area (Å²) in [7, 11) is 0. The molecule has 0 aliphatic carbocycles. The van der Waals surface area contributed by atoms with Gasteiger partial charge in [0.05, 0.1) is 0 Å². The summed E-state index contributed by atoms with van der Waals surface area (Å²) in [5.74, 6) is 1.16. The van der Waals surface area contributed by atoms with Crippen LogP contribution in [0.25, 0.3) is 0 Å². The molecule has 1 aromatic heterocycles. The van der Waals surface area contributed by atoms with Crippen LogP contribution in [0.15, 0.2) is 13.6 Å². The summed E-state index contributed by atoms with van der Waals surface area (Å²) in [6.45, 7) is 7.39. The monoisotopic (exact) mass is 283 g/mol. The SMILES string of the molecule is Cc1oc(=O)oc1COC(=O)N1CCC(C(C)C)CC1. The largest absolute Gasteiger partial charge is 0.519 e. The van der Waals surface area contributed by atoms with E-state index >= 15 is 0 Å². The lowest BCUT2D eigenvalue weighted by molar-refractivity contribution is 0.0723. The van der Waals surface area contributed by atoms with Crippen LogP contribution in [0.1, 0.15) is 38.2 Å². The summed E-state index contributed by atoms with van der Waals surface area (Å²) in [5, 5.41) is 0. The van der Waals surface area contributed by atoms with Gasteiger partial charge in [0.1, 0.15) is 0 Å². The summed E-state index contributed by atoms with van der Waals surface area (Å²) >= 11 is 0. The Morgan fingerprint density at radius 1 is 1.35 bits per heavy atom. The van der Waals surface area contributed by atoms with Crippen molar-refractivity contribution in [3.8, 4) is 0 Å². The first-order valence-corrected chi connectivity index (χ1v) is 6.98. The zero-order valence-corrected chi connectivity index (χ0v) is 12.2. The number of carbonyl (C=O) groups is 1. The van der Waals surface area contributed by atoms with E-state index in [2.05, 4.69) is 13.8 Å². The van der Waals surface area contributed by atoms with Gasteiger partial charge in [0.25, 0.3) is 0 Å². The van der Waals surface area contributed by atoms with Gasteiger partial charge in [-0.2, -0.15) is 0 Å². The molecule has 0 saturated carbocycles. The minimum absolute atomic E-state index is 0.0689. The molecule has 0 N–H and O–H groups in total. The number of hydrogen-bond donors (Lipinski definition) is 0. The number of rotatable bonds is 3. The van der Waals surface area contributed by atoms with Crippen molar-refractivity contribution in [2.75, 3.05) is 13.1 Å². The summed E-state index contributed by atoms with van der Waals surface area (Å²) in [6.07, 6.45) is 1.65. The molecule has 1 aromatic rings. The fourth-order valence-corrected chi connectivity index (χ4v) is 2.47. The Bertz CT molecular complexity index is 508. The lowest BCUT2D eigenvalue weighted by Crippen LogP contribution is -2.39. The average Bonchev–Trinajstić information content (AvgIpc) is 2.74. The average molecular weight is 283 g/mol. The molecule has 0 radical (unpaired) electrons. The number of ether oxygens (including phenoxy) is 1. The Labute approximate surface area is 117 Å². The number of piperidine rings is 1. The number of likely N-dealkylation sites (tertiary alicyclic amines) is 1. The van der Waals surface area contributed by atoms with Crippen molar-refractivity contribution in [3.05, 3.63) is 22.1 Å². The zero-order chi connectivity index (χ0) is 14.7. The van der Waals surface area contributed by atoms with Crippen LogP contribution in [0.2, 0.25) is 0 Å². The van der Waals surface area contributed by atoms with Crippen LogP contribution in [-0.4, -0.2) is 24.1 Å². The molecule has 1 fully saturated rings. The number of carbonyl (C=O) groups excluding carboxylic acids is 1. The zero-order valence-electron chi connectivity index (χ0n) is 12.2. The van der Waals surface area contributed by atoms with E-state index in [-0.39, 0.29) is 18.5 Å². The van der Waals surface area contributed by atoms with Gasteiger partial charge in [-0.15, -0.1) is 0 Å². The van der Waals surface area contributed by atoms with E-state index in [1.165, 1.54) is 0 Å². The molecule has 1 aliphatic heterocycles. The van der Waals surface area contributed by atoms with E-state index in [1.54, 1.807) is 11.8 Å². The highest BCUT2D eigenvalue weighted by Crippen LogP contribution is 2.24. The standard InChI is InChI=1S/C14H21NO5/c1-9(2)11-4-6-15(7-5-11)13(16)18-8-12-10(3)19-14(17)20-12/h9,11H,4-8H2,1-3H3. The highest BCUT2D eigenvalue weighted by atomic mass is 16.6. The Balaban J connectivity index is 1.81. The fourth-order valence-electron chi connectivity index (χ4n) is 2.47. The van der Waals surface area contributed by atoms with Crippen molar-refractivity contribution in [1.29, 1.82) is 0 Å². The topological polar surface area (TPSA) is 72.9 Å². The Morgan fingerprint density at radius 3 is 2.50 bits per heavy atom. The molecule has 0 aromatic carbocycles. The molecular weight excluding hydrogens is 262 g/mol. The molecule has 20 heavy (non-hydrogen) atoms. The van der Waals surface area contributed by atoms with Gasteiger partial charge in [0.2, 0.25) is 0 Å². The number of amides is 1. The predicted molar refractivity (Wildman–Crippen MR) is 71.3 cm³/mol. The first kappa shape index (κ1) is 14.7. The minimum atomic E-state index is -0.772. The van der Waals surface area contributed by atoms with Gasteiger partial charge in [-0.05, 0) is 31.6 Å². The van der Waals surface area contributed by atoms with Crippen LogP contribution < -0.4 is 5.82 Å². The Kier molecular flexibility index (Phi) is 4.52. The van der Waals surface area contributed by atoms with Crippen molar-refractivity contribution >= 4 is 6.09 Å². The maximum Gasteiger partial charge on any atom is 0.519 e. The summed E-state index contributed by atoms with van der Waals surface area (Å²) in [4.78, 5) is 24.5. The summed E-state index contributed by atoms with van der Waals surface area (Å²) in [5.41, 5.74) is 0. The lowest BCUT2D eigenvalue weighted by Gasteiger charge is -2.33. The van der Waals surface area contributed by atoms with Crippen LogP contribution in [0, 0.1) is 18.8 Å². The molecular formula is C14H21NO5. The third kappa shape index (κ3) is 3.43. The van der Waals surface area contributed by atoms with Gasteiger partial charge in [-0.25, -0.2) is 9.59 Å². The first-order chi connectivity index (χ1) is 9.47. The van der Waals surface area contributed by atoms with Gasteiger partial charge in [0, 0.05) is 13.1 Å². The molecule has 1 saturated heterocycles. The molecule has 2 rings (SSSR count). The van der Waals surface area contributed by atoms with Gasteiger partial charge >= 0.3 is 11.9 Å². The van der Waals surface area contributed by atoms with Crippen LogP contribution in [0.3, 0.4) is 0 Å². The van der Waals surface area contributed by atoms with Crippen LogP contribution in [-0.2, 0) is 11.3 Å². The Hall–Kier alpha value is -1.72. The third-order valence-electron chi connectivity index (χ3n) is 3.90. The van der Waals surface area contributed by atoms with E-state index in [9.17, 15) is 9.59 Å². The van der Waals surface area contributed by atoms with E-state index in [0.29, 0.717) is 17.6 Å². The van der Waals surface area contributed by atoms with Crippen LogP contribution in [0.5, 0.6) is 0 Å². The van der Waals surface area contributed by atoms with Crippen molar-refractivity contribution in [3.63, 3.8) is 0 Å². The molecule has 1 amide bonds. The Morgan fingerprint density at radius 2 is 2.00 bits per heavy atom. The van der Waals surface area contributed by atoms with E-state index in [4.69, 9.17) is 13.6 Å². The quantitative estimate of drug-likeness (QED) is 0.852. The minimum Gasteiger partial charge on any atom is -0.441 e. The highest BCUT2D eigenvalue weighted by Gasteiger charge is 2.25. The molecule has 0 atom stereocenters. The molecule has 6 heteroatoms. The van der Waals surface area contributed by atoms with Crippen molar-refractivity contribution in [1.82, 2.24) is 4.90 Å². The number of aryl methyl sites for hydroxylation is 1. The van der Waals surface area contributed by atoms with E-state index in [0.717, 1.165) is 25.9 Å². The molecule has 0 bridgehead atoms. The van der Waals surface area contributed by atoms with Gasteiger partial charge in [-0.3, -0.25) is 0 Å². The smallest absolute Gasteiger partial charge is 0.441 e. The van der Waals surface area contributed by atoms with E-state index in [1.807, 2.05) is 0 Å². The summed E-state index contributed by atoms with van der Waals surface area (Å²) in [6, 6.07) is 0. The fraction of sp³-hybridized carbons (Fsp3) is 0.714. The second-order valence-electron chi connectivity index (χ2n) is 5.56.